The van der Waals surface area contributed by atoms with Gasteiger partial charge in [0, 0.05) is 35.3 Å². The minimum atomic E-state index is -4.72. The maximum Gasteiger partial charge on any atom is 0.416 e. The van der Waals surface area contributed by atoms with Crippen molar-refractivity contribution in [3.8, 4) is 11.1 Å². The maximum absolute atomic E-state index is 13.5. The number of carbonyl (C=O) groups excluding carboxylic acids is 2. The monoisotopic (exact) mass is 620 g/mol. The van der Waals surface area contributed by atoms with Crippen LogP contribution in [0.1, 0.15) is 54.6 Å². The number of alkyl halides is 3. The Morgan fingerprint density at radius 1 is 0.864 bits per heavy atom. The molecule has 0 fully saturated rings. The molecule has 4 aromatic carbocycles. The van der Waals surface area contributed by atoms with E-state index in [4.69, 9.17) is 0 Å². The molecule has 1 aliphatic carbocycles. The zero-order valence-corrected chi connectivity index (χ0v) is 23.6. The number of nitrogens with zero attached hydrogens (tertiary/aromatic N) is 1. The summed E-state index contributed by atoms with van der Waals surface area (Å²) in [5, 5.41) is 12.6. The molecule has 1 amide bonds. The molecule has 1 heterocycles. The van der Waals surface area contributed by atoms with Crippen LogP contribution in [-0.2, 0) is 34.0 Å². The van der Waals surface area contributed by atoms with E-state index in [-0.39, 0.29) is 36.4 Å². The lowest BCUT2D eigenvalue weighted by molar-refractivity contribution is -0.139. The Hall–Kier alpha value is -4.81. The van der Waals surface area contributed by atoms with Crippen LogP contribution in [0.2, 0.25) is 0 Å². The summed E-state index contributed by atoms with van der Waals surface area (Å²) in [6.45, 7) is -0.184. The molecule has 0 saturated heterocycles. The number of carboxylic acid groups (broad SMARTS) is 1. The van der Waals surface area contributed by atoms with E-state index < -0.39 is 44.6 Å². The summed E-state index contributed by atoms with van der Waals surface area (Å²) < 4.78 is 67.3. The minimum absolute atomic E-state index is 0.0172. The van der Waals surface area contributed by atoms with Gasteiger partial charge in [0.2, 0.25) is 10.0 Å². The van der Waals surface area contributed by atoms with Gasteiger partial charge in [-0.1, -0.05) is 60.7 Å². The fourth-order valence-electron chi connectivity index (χ4n) is 5.68. The van der Waals surface area contributed by atoms with Crippen LogP contribution in [0.5, 0.6) is 0 Å². The first-order chi connectivity index (χ1) is 20.9. The van der Waals surface area contributed by atoms with Gasteiger partial charge in [-0.25, -0.2) is 13.2 Å². The highest BCUT2D eigenvalue weighted by Crippen LogP contribution is 2.39. The molecule has 44 heavy (non-hydrogen) atoms. The molecule has 0 spiro atoms. The smallest absolute Gasteiger partial charge is 0.416 e. The van der Waals surface area contributed by atoms with E-state index in [1.54, 1.807) is 42.5 Å². The molecule has 0 bridgehead atoms. The molecule has 2 aliphatic rings. The van der Waals surface area contributed by atoms with Crippen molar-refractivity contribution >= 4 is 27.7 Å². The fraction of sp³-hybridized carbons (Fsp3) is 0.156. The van der Waals surface area contributed by atoms with Crippen molar-refractivity contribution in [2.24, 2.45) is 0 Å². The molecule has 12 heteroatoms. The lowest BCUT2D eigenvalue weighted by Crippen LogP contribution is -2.37. The average molecular weight is 621 g/mol. The zero-order valence-electron chi connectivity index (χ0n) is 22.8. The van der Waals surface area contributed by atoms with Crippen molar-refractivity contribution in [3.05, 3.63) is 124 Å². The number of halogens is 3. The molecule has 1 aliphatic heterocycles. The van der Waals surface area contributed by atoms with E-state index in [9.17, 15) is 41.1 Å². The number of aliphatic carboxylic acids is 1. The molecular weight excluding hydrogens is 597 g/mol. The summed E-state index contributed by atoms with van der Waals surface area (Å²) >= 11 is 0. The second-order valence-electron chi connectivity index (χ2n) is 10.5. The predicted molar refractivity (Wildman–Crippen MR) is 152 cm³/mol. The molecule has 1 atom stereocenters. The summed E-state index contributed by atoms with van der Waals surface area (Å²) in [6.07, 6.45) is -4.47. The first-order valence-corrected chi connectivity index (χ1v) is 14.9. The van der Waals surface area contributed by atoms with Crippen molar-refractivity contribution in [2.45, 2.75) is 30.1 Å². The van der Waals surface area contributed by atoms with Crippen molar-refractivity contribution in [2.75, 3.05) is 6.54 Å². The minimum Gasteiger partial charge on any atom is -0.479 e. The number of carbonyl (C=O) groups is 3. The van der Waals surface area contributed by atoms with Gasteiger partial charge in [0.1, 0.15) is 0 Å². The summed E-state index contributed by atoms with van der Waals surface area (Å²) in [6, 6.07) is 18.1. The Balaban J connectivity index is 1.28. The number of ketones is 1. The third-order valence-corrected chi connectivity index (χ3v) is 9.70. The number of fused-ring (bicyclic) bond motifs is 4. The molecular formula is C32H23F3N2O6S. The van der Waals surface area contributed by atoms with Crippen LogP contribution in [0.3, 0.4) is 0 Å². The molecule has 8 nitrogen and oxygen atoms in total. The second kappa shape index (κ2) is 10.7. The molecule has 4 aromatic rings. The van der Waals surface area contributed by atoms with E-state index >= 15 is 0 Å². The van der Waals surface area contributed by atoms with Gasteiger partial charge in [-0.3, -0.25) is 9.59 Å². The topological polar surface area (TPSA) is 121 Å². The van der Waals surface area contributed by atoms with Crippen LogP contribution >= 0.6 is 0 Å². The highest BCUT2D eigenvalue weighted by molar-refractivity contribution is 7.89. The number of nitrogens with one attached hydrogen (secondary N) is 1. The first-order valence-electron chi connectivity index (χ1n) is 13.5. The number of hydrogen-bond donors (Lipinski definition) is 2. The maximum atomic E-state index is 13.5. The molecule has 1 unspecified atom stereocenters. The standard InChI is InChI=1S/C32H23F3N2O6S/c33-32(34,35)21-5-3-6-22(16-21)44(42,43)37-14-13-18-11-12-19(15-20(18)17-37)28(31(40)41)36-30(39)26-10-4-9-25-27(26)23-7-1-2-8-24(23)29(25)38/h1-12,15-16,28H,13-14,17H2,(H,36,39)(H,40,41). The Labute approximate surface area is 249 Å². The highest BCUT2D eigenvalue weighted by atomic mass is 32.2. The molecule has 6 rings (SSSR count). The van der Waals surface area contributed by atoms with Crippen LogP contribution < -0.4 is 5.32 Å². The van der Waals surface area contributed by atoms with Crippen LogP contribution in [-0.4, -0.2) is 42.0 Å². The SMILES string of the molecule is O=C(NC(C(=O)O)c1ccc2c(c1)CN(S(=O)(=O)c1cccc(C(F)(F)F)c1)CC2)c1cccc2c1-c1ccccc1C2=O. The number of amides is 1. The van der Waals surface area contributed by atoms with Crippen LogP contribution in [0.25, 0.3) is 11.1 Å². The van der Waals surface area contributed by atoms with Crippen molar-refractivity contribution < 1.29 is 41.1 Å². The van der Waals surface area contributed by atoms with E-state index in [0.717, 1.165) is 28.1 Å². The van der Waals surface area contributed by atoms with Crippen LogP contribution in [0.15, 0.2) is 89.8 Å². The fourth-order valence-corrected chi connectivity index (χ4v) is 7.14. The molecule has 2 N–H and O–H groups in total. The van der Waals surface area contributed by atoms with Crippen LogP contribution in [0, 0.1) is 0 Å². The van der Waals surface area contributed by atoms with Gasteiger partial charge >= 0.3 is 12.1 Å². The summed E-state index contributed by atoms with van der Waals surface area (Å²) in [5.74, 6) is -2.32. The normalized spacial score (nSPS) is 15.2. The van der Waals surface area contributed by atoms with Gasteiger partial charge in [-0.15, -0.1) is 0 Å². The number of benzene rings is 4. The molecule has 0 radical (unpaired) electrons. The number of rotatable bonds is 6. The number of hydrogen-bond acceptors (Lipinski definition) is 5. The van der Waals surface area contributed by atoms with E-state index in [2.05, 4.69) is 5.32 Å². The van der Waals surface area contributed by atoms with Crippen molar-refractivity contribution in [3.63, 3.8) is 0 Å². The van der Waals surface area contributed by atoms with Gasteiger partial charge in [0.05, 0.1) is 10.5 Å². The number of carboxylic acids is 1. The van der Waals surface area contributed by atoms with Gasteiger partial charge in [-0.2, -0.15) is 17.5 Å². The zero-order chi connectivity index (χ0) is 31.4. The lowest BCUT2D eigenvalue weighted by atomic mass is 9.95. The highest BCUT2D eigenvalue weighted by Gasteiger charge is 2.35. The third-order valence-electron chi connectivity index (χ3n) is 7.86. The van der Waals surface area contributed by atoms with E-state index in [1.165, 1.54) is 18.2 Å². The molecule has 0 aromatic heterocycles. The Bertz CT molecular complexity index is 1970. The molecule has 224 valence electrons. The number of sulfonamides is 1. The summed E-state index contributed by atoms with van der Waals surface area (Å²) in [7, 11) is -4.31. The van der Waals surface area contributed by atoms with E-state index in [0.29, 0.717) is 33.9 Å². The van der Waals surface area contributed by atoms with Crippen molar-refractivity contribution in [1.29, 1.82) is 0 Å². The lowest BCUT2D eigenvalue weighted by Gasteiger charge is -2.29. The first kappa shape index (κ1) is 29.3. The second-order valence-corrected chi connectivity index (χ2v) is 12.4. The summed E-state index contributed by atoms with van der Waals surface area (Å²) in [4.78, 5) is 38.2. The average Bonchev–Trinajstić information content (AvgIpc) is 3.30. The van der Waals surface area contributed by atoms with Crippen LogP contribution in [0.4, 0.5) is 13.2 Å². The quantitative estimate of drug-likeness (QED) is 0.269. The third kappa shape index (κ3) is 5.05. The Kier molecular flexibility index (Phi) is 7.13. The summed E-state index contributed by atoms with van der Waals surface area (Å²) in [5.41, 5.74) is 2.18. The largest absolute Gasteiger partial charge is 0.479 e. The Morgan fingerprint density at radius 3 is 2.30 bits per heavy atom. The van der Waals surface area contributed by atoms with Gasteiger partial charge in [0.25, 0.3) is 5.91 Å². The van der Waals surface area contributed by atoms with Gasteiger partial charge in [0.15, 0.2) is 11.8 Å². The van der Waals surface area contributed by atoms with Gasteiger partial charge < -0.3 is 10.4 Å². The van der Waals surface area contributed by atoms with E-state index in [1.807, 2.05) is 0 Å². The Morgan fingerprint density at radius 2 is 1.57 bits per heavy atom. The molecule has 0 saturated carbocycles. The van der Waals surface area contributed by atoms with Crippen molar-refractivity contribution in [1.82, 2.24) is 9.62 Å². The predicted octanol–water partition coefficient (Wildman–Crippen LogP) is 5.22. The van der Waals surface area contributed by atoms with Gasteiger partial charge in [-0.05, 0) is 52.9 Å².